The molecule has 0 bridgehead atoms. The summed E-state index contributed by atoms with van der Waals surface area (Å²) in [5.74, 6) is 2.37. The number of methoxy groups -OCH3 is 1. The van der Waals surface area contributed by atoms with Crippen molar-refractivity contribution in [1.29, 1.82) is 0 Å². The summed E-state index contributed by atoms with van der Waals surface area (Å²) < 4.78 is 13.3. The maximum atomic E-state index is 12.8. The van der Waals surface area contributed by atoms with E-state index >= 15 is 0 Å². The second-order valence-corrected chi connectivity index (χ2v) is 8.40. The van der Waals surface area contributed by atoms with Crippen molar-refractivity contribution in [1.82, 2.24) is 14.9 Å². The van der Waals surface area contributed by atoms with Gasteiger partial charge >= 0.3 is 0 Å². The third-order valence-electron chi connectivity index (χ3n) is 5.85. The highest BCUT2D eigenvalue weighted by Crippen LogP contribution is 2.20. The number of fused-ring (bicyclic) bond motifs is 1. The number of carbonyl (C=O) groups excluding carboxylic acids is 1. The van der Waals surface area contributed by atoms with Crippen molar-refractivity contribution in [3.05, 3.63) is 89.2 Å². The van der Waals surface area contributed by atoms with E-state index in [4.69, 9.17) is 14.5 Å². The number of nitrogens with zero attached hydrogens (tertiary/aromatic N) is 2. The van der Waals surface area contributed by atoms with Crippen molar-refractivity contribution >= 4 is 16.9 Å². The van der Waals surface area contributed by atoms with Gasteiger partial charge in [0.05, 0.1) is 31.3 Å². The van der Waals surface area contributed by atoms with E-state index in [0.29, 0.717) is 18.7 Å². The molecule has 6 heteroatoms. The minimum Gasteiger partial charge on any atom is -0.497 e. The van der Waals surface area contributed by atoms with Crippen molar-refractivity contribution in [2.75, 3.05) is 13.7 Å². The minimum absolute atomic E-state index is 0.0807. The SMILES string of the molecule is COc1cccc(OCCCCn2c(CNC(=O)c3ccc(C)cc3C)nc3ccccc32)c1. The Morgan fingerprint density at radius 1 is 0.971 bits per heavy atom. The van der Waals surface area contributed by atoms with Crippen molar-refractivity contribution in [2.45, 2.75) is 39.8 Å². The summed E-state index contributed by atoms with van der Waals surface area (Å²) in [5.41, 5.74) is 4.83. The number of unbranched alkanes of at least 4 members (excludes halogenated alkanes) is 1. The second kappa shape index (κ2) is 10.9. The number of rotatable bonds is 10. The van der Waals surface area contributed by atoms with E-state index < -0.39 is 0 Å². The molecule has 0 spiro atoms. The summed E-state index contributed by atoms with van der Waals surface area (Å²) in [4.78, 5) is 17.6. The van der Waals surface area contributed by atoms with Crippen LogP contribution in [0.25, 0.3) is 11.0 Å². The first kappa shape index (κ1) is 23.4. The van der Waals surface area contributed by atoms with Crippen LogP contribution in [0.2, 0.25) is 0 Å². The minimum atomic E-state index is -0.0807. The first-order chi connectivity index (χ1) is 16.5. The van der Waals surface area contributed by atoms with E-state index in [9.17, 15) is 4.79 Å². The van der Waals surface area contributed by atoms with Gasteiger partial charge in [0.15, 0.2) is 0 Å². The molecule has 176 valence electrons. The van der Waals surface area contributed by atoms with Gasteiger partial charge in [-0.1, -0.05) is 35.9 Å². The molecule has 4 aromatic rings. The number of ether oxygens (including phenoxy) is 2. The Kier molecular flexibility index (Phi) is 7.48. The Bertz CT molecular complexity index is 1280. The largest absolute Gasteiger partial charge is 0.497 e. The van der Waals surface area contributed by atoms with Gasteiger partial charge in [-0.3, -0.25) is 4.79 Å². The van der Waals surface area contributed by atoms with Crippen molar-refractivity contribution < 1.29 is 14.3 Å². The average Bonchev–Trinajstić information content (AvgIpc) is 3.20. The van der Waals surface area contributed by atoms with Crippen LogP contribution in [0.5, 0.6) is 11.5 Å². The Hall–Kier alpha value is -3.80. The second-order valence-electron chi connectivity index (χ2n) is 8.40. The van der Waals surface area contributed by atoms with Gasteiger partial charge < -0.3 is 19.4 Å². The van der Waals surface area contributed by atoms with Gasteiger partial charge in [0.1, 0.15) is 17.3 Å². The molecule has 4 rings (SSSR count). The van der Waals surface area contributed by atoms with Gasteiger partial charge in [-0.2, -0.15) is 0 Å². The fourth-order valence-corrected chi connectivity index (χ4v) is 4.09. The Morgan fingerprint density at radius 2 is 1.79 bits per heavy atom. The van der Waals surface area contributed by atoms with E-state index in [1.165, 1.54) is 0 Å². The first-order valence-electron chi connectivity index (χ1n) is 11.6. The average molecular weight is 458 g/mol. The van der Waals surface area contributed by atoms with Gasteiger partial charge in [0, 0.05) is 18.2 Å². The molecule has 0 radical (unpaired) electrons. The van der Waals surface area contributed by atoms with E-state index in [2.05, 4.69) is 16.0 Å². The lowest BCUT2D eigenvalue weighted by atomic mass is 10.1. The van der Waals surface area contributed by atoms with Crippen molar-refractivity contribution in [3.63, 3.8) is 0 Å². The number of hydrogen-bond donors (Lipinski definition) is 1. The number of aryl methyl sites for hydroxylation is 3. The number of amides is 1. The number of hydrogen-bond acceptors (Lipinski definition) is 4. The number of benzene rings is 3. The van der Waals surface area contributed by atoms with Gasteiger partial charge in [-0.15, -0.1) is 0 Å². The topological polar surface area (TPSA) is 65.4 Å². The fourth-order valence-electron chi connectivity index (χ4n) is 4.09. The summed E-state index contributed by atoms with van der Waals surface area (Å²) in [6, 6.07) is 21.6. The maximum Gasteiger partial charge on any atom is 0.251 e. The van der Waals surface area contributed by atoms with Crippen molar-refractivity contribution in [2.24, 2.45) is 0 Å². The predicted octanol–water partition coefficient (Wildman–Crippen LogP) is 5.45. The highest BCUT2D eigenvalue weighted by molar-refractivity contribution is 5.95. The third-order valence-corrected chi connectivity index (χ3v) is 5.85. The maximum absolute atomic E-state index is 12.8. The zero-order chi connectivity index (χ0) is 23.9. The molecular weight excluding hydrogens is 426 g/mol. The van der Waals surface area contributed by atoms with Crippen LogP contribution >= 0.6 is 0 Å². The van der Waals surface area contributed by atoms with E-state index in [0.717, 1.165) is 58.9 Å². The molecule has 3 aromatic carbocycles. The normalized spacial score (nSPS) is 10.9. The summed E-state index contributed by atoms with van der Waals surface area (Å²) in [6.07, 6.45) is 1.83. The Morgan fingerprint density at radius 3 is 2.62 bits per heavy atom. The van der Waals surface area contributed by atoms with Crippen LogP contribution in [-0.2, 0) is 13.1 Å². The first-order valence-corrected chi connectivity index (χ1v) is 11.6. The molecule has 1 aromatic heterocycles. The molecule has 0 unspecified atom stereocenters. The number of nitrogens with one attached hydrogen (secondary N) is 1. The van der Waals surface area contributed by atoms with E-state index in [1.54, 1.807) is 7.11 Å². The van der Waals surface area contributed by atoms with Crippen LogP contribution in [0.3, 0.4) is 0 Å². The van der Waals surface area contributed by atoms with Crippen LogP contribution < -0.4 is 14.8 Å². The van der Waals surface area contributed by atoms with Gasteiger partial charge in [-0.05, 0) is 62.6 Å². The highest BCUT2D eigenvalue weighted by atomic mass is 16.5. The lowest BCUT2D eigenvalue weighted by molar-refractivity contribution is 0.0949. The van der Waals surface area contributed by atoms with Crippen LogP contribution in [0, 0.1) is 13.8 Å². The van der Waals surface area contributed by atoms with Crippen molar-refractivity contribution in [3.8, 4) is 11.5 Å². The third kappa shape index (κ3) is 5.57. The quantitative estimate of drug-likeness (QED) is 0.322. The summed E-state index contributed by atoms with van der Waals surface area (Å²) in [7, 11) is 1.65. The molecule has 1 amide bonds. The molecule has 0 atom stereocenters. The molecule has 34 heavy (non-hydrogen) atoms. The molecule has 0 aliphatic heterocycles. The molecular formula is C28H31N3O3. The summed E-state index contributed by atoms with van der Waals surface area (Å²) in [6.45, 7) is 5.79. The fraction of sp³-hybridized carbons (Fsp3) is 0.286. The van der Waals surface area contributed by atoms with E-state index in [1.807, 2.05) is 74.5 Å². The predicted molar refractivity (Wildman–Crippen MR) is 135 cm³/mol. The summed E-state index contributed by atoms with van der Waals surface area (Å²) >= 11 is 0. The number of carbonyl (C=O) groups is 1. The molecule has 0 saturated heterocycles. The van der Waals surface area contributed by atoms with Crippen LogP contribution in [0.4, 0.5) is 0 Å². The lowest BCUT2D eigenvalue weighted by Gasteiger charge is -2.12. The van der Waals surface area contributed by atoms with Crippen LogP contribution in [0.1, 0.15) is 40.2 Å². The zero-order valence-corrected chi connectivity index (χ0v) is 20.0. The molecule has 0 fully saturated rings. The van der Waals surface area contributed by atoms with Gasteiger partial charge in [0.25, 0.3) is 5.91 Å². The molecule has 0 saturated carbocycles. The lowest BCUT2D eigenvalue weighted by Crippen LogP contribution is -2.25. The van der Waals surface area contributed by atoms with Crippen LogP contribution in [0.15, 0.2) is 66.7 Å². The monoisotopic (exact) mass is 457 g/mol. The summed E-state index contributed by atoms with van der Waals surface area (Å²) in [5, 5.41) is 3.05. The number of imidazole rings is 1. The molecule has 1 N–H and O–H groups in total. The zero-order valence-electron chi connectivity index (χ0n) is 20.0. The smallest absolute Gasteiger partial charge is 0.251 e. The van der Waals surface area contributed by atoms with Gasteiger partial charge in [0.2, 0.25) is 0 Å². The number of para-hydroxylation sites is 2. The molecule has 0 aliphatic rings. The number of aromatic nitrogens is 2. The van der Waals surface area contributed by atoms with E-state index in [-0.39, 0.29) is 5.91 Å². The molecule has 0 aliphatic carbocycles. The highest BCUT2D eigenvalue weighted by Gasteiger charge is 2.13. The molecule has 1 heterocycles. The van der Waals surface area contributed by atoms with Crippen LogP contribution in [-0.4, -0.2) is 29.2 Å². The standard InChI is InChI=1S/C28H31N3O3/c1-20-13-14-24(21(2)17-20)28(32)29-19-27-30-25-11-4-5-12-26(25)31(27)15-6-7-16-34-23-10-8-9-22(18-23)33-3/h4-5,8-14,17-18H,6-7,15-16,19H2,1-3H3,(H,29,32). The Balaban J connectivity index is 1.38. The Labute approximate surface area is 200 Å². The molecule has 6 nitrogen and oxygen atoms in total. The van der Waals surface area contributed by atoms with Gasteiger partial charge in [-0.25, -0.2) is 4.98 Å².